The van der Waals surface area contributed by atoms with E-state index in [0.717, 1.165) is 24.3 Å². The number of ether oxygens (including phenoxy) is 1. The van der Waals surface area contributed by atoms with E-state index in [0.29, 0.717) is 6.42 Å². The van der Waals surface area contributed by atoms with Crippen molar-refractivity contribution in [2.75, 3.05) is 18.6 Å². The normalized spacial score (nSPS) is 17.6. The molecule has 1 unspecified atom stereocenters. The minimum Gasteiger partial charge on any atom is -0.469 e. The Hall–Kier alpha value is -1.00. The van der Waals surface area contributed by atoms with Crippen molar-refractivity contribution < 1.29 is 9.53 Å². The van der Waals surface area contributed by atoms with Crippen molar-refractivity contribution >= 4 is 17.7 Å². The number of methoxy groups -OCH3 is 1. The predicted octanol–water partition coefficient (Wildman–Crippen LogP) is 3.07. The van der Waals surface area contributed by atoms with Crippen molar-refractivity contribution in [1.82, 2.24) is 0 Å². The van der Waals surface area contributed by atoms with Crippen LogP contribution in [0.4, 0.5) is 0 Å². The second-order valence-electron chi connectivity index (χ2n) is 5.79. The molecule has 1 aromatic carbocycles. The molecule has 0 heterocycles. The van der Waals surface area contributed by atoms with Crippen LogP contribution in [0.1, 0.15) is 36.4 Å². The van der Waals surface area contributed by atoms with Gasteiger partial charge in [-0.2, -0.15) is 11.8 Å². The lowest BCUT2D eigenvalue weighted by atomic mass is 10.1. The van der Waals surface area contributed by atoms with Crippen molar-refractivity contribution in [3.63, 3.8) is 0 Å². The highest BCUT2D eigenvalue weighted by molar-refractivity contribution is 7.99. The Labute approximate surface area is 125 Å². The zero-order chi connectivity index (χ0) is 14.6. The molecular weight excluding hydrogens is 270 g/mol. The summed E-state index contributed by atoms with van der Waals surface area (Å²) in [7, 11) is 1.46. The molecule has 1 atom stereocenters. The molecule has 0 radical (unpaired) electrons. The Morgan fingerprint density at radius 3 is 2.60 bits per heavy atom. The molecule has 2 rings (SSSR count). The van der Waals surface area contributed by atoms with Gasteiger partial charge in [0.25, 0.3) is 0 Å². The van der Waals surface area contributed by atoms with Crippen LogP contribution in [0.25, 0.3) is 0 Å². The number of carbonyl (C=O) groups excluding carboxylic acids is 1. The highest BCUT2D eigenvalue weighted by Gasteiger charge is 2.44. The number of nitrogens with two attached hydrogens (primary N) is 1. The number of esters is 1. The van der Waals surface area contributed by atoms with E-state index in [9.17, 15) is 4.79 Å². The van der Waals surface area contributed by atoms with Gasteiger partial charge in [-0.15, -0.1) is 0 Å². The molecule has 110 valence electrons. The fraction of sp³-hybridized carbons (Fsp3) is 0.562. The molecule has 2 N–H and O–H groups in total. The largest absolute Gasteiger partial charge is 0.469 e. The van der Waals surface area contributed by atoms with Gasteiger partial charge < -0.3 is 10.5 Å². The van der Waals surface area contributed by atoms with E-state index in [1.165, 1.54) is 18.2 Å². The smallest absolute Gasteiger partial charge is 0.306 e. The summed E-state index contributed by atoms with van der Waals surface area (Å²) in [6.45, 7) is 2.08. The molecule has 1 aliphatic rings. The average molecular weight is 293 g/mol. The molecule has 4 heteroatoms. The third kappa shape index (κ3) is 4.25. The molecule has 1 aromatic rings. The molecule has 0 amide bonds. The van der Waals surface area contributed by atoms with Gasteiger partial charge in [0, 0.05) is 11.8 Å². The van der Waals surface area contributed by atoms with E-state index in [1.807, 2.05) is 11.8 Å². The third-order valence-corrected chi connectivity index (χ3v) is 5.33. The van der Waals surface area contributed by atoms with Crippen molar-refractivity contribution in [2.45, 2.75) is 32.2 Å². The lowest BCUT2D eigenvalue weighted by Gasteiger charge is -2.16. The Balaban J connectivity index is 1.75. The van der Waals surface area contributed by atoms with Crippen molar-refractivity contribution in [1.29, 1.82) is 0 Å². The third-order valence-electron chi connectivity index (χ3n) is 3.92. The Bertz CT molecular complexity index is 454. The number of thioether (sulfide) groups is 1. The van der Waals surface area contributed by atoms with Crippen molar-refractivity contribution in [3.8, 4) is 0 Å². The first-order chi connectivity index (χ1) is 9.54. The Morgan fingerprint density at radius 2 is 2.05 bits per heavy atom. The number of aryl methyl sites for hydroxylation is 1. The minimum atomic E-state index is -0.0917. The maximum Gasteiger partial charge on any atom is 0.306 e. The van der Waals surface area contributed by atoms with E-state index in [2.05, 4.69) is 31.2 Å². The highest BCUT2D eigenvalue weighted by Crippen LogP contribution is 2.51. The van der Waals surface area contributed by atoms with Crippen LogP contribution in [0.2, 0.25) is 0 Å². The van der Waals surface area contributed by atoms with Gasteiger partial charge in [-0.1, -0.05) is 29.8 Å². The molecule has 0 aliphatic heterocycles. The average Bonchev–Trinajstić information content (AvgIpc) is 3.19. The maximum absolute atomic E-state index is 11.4. The van der Waals surface area contributed by atoms with Crippen LogP contribution in [0, 0.1) is 12.3 Å². The van der Waals surface area contributed by atoms with E-state index in [4.69, 9.17) is 10.5 Å². The monoisotopic (exact) mass is 293 g/mol. The fourth-order valence-corrected chi connectivity index (χ4v) is 3.63. The summed E-state index contributed by atoms with van der Waals surface area (Å²) >= 11 is 1.85. The molecule has 0 aromatic heterocycles. The van der Waals surface area contributed by atoms with Crippen LogP contribution in [0.5, 0.6) is 0 Å². The van der Waals surface area contributed by atoms with E-state index < -0.39 is 0 Å². The van der Waals surface area contributed by atoms with Gasteiger partial charge in [0.2, 0.25) is 0 Å². The SMILES string of the molecule is COC(=O)CC1(CSCC(N)c2ccc(C)cc2)CC1. The number of hydrogen-bond donors (Lipinski definition) is 1. The van der Waals surface area contributed by atoms with Gasteiger partial charge in [-0.25, -0.2) is 0 Å². The topological polar surface area (TPSA) is 52.3 Å². The molecule has 1 saturated carbocycles. The van der Waals surface area contributed by atoms with Gasteiger partial charge in [0.15, 0.2) is 0 Å². The van der Waals surface area contributed by atoms with Crippen molar-refractivity contribution in [3.05, 3.63) is 35.4 Å². The van der Waals surface area contributed by atoms with Gasteiger partial charge >= 0.3 is 5.97 Å². The first kappa shape index (κ1) is 15.4. The number of carbonyl (C=O) groups is 1. The molecule has 20 heavy (non-hydrogen) atoms. The van der Waals surface area contributed by atoms with Crippen LogP contribution >= 0.6 is 11.8 Å². The maximum atomic E-state index is 11.4. The summed E-state index contributed by atoms with van der Waals surface area (Å²) in [6, 6.07) is 8.46. The molecule has 0 saturated heterocycles. The first-order valence-electron chi connectivity index (χ1n) is 7.01. The fourth-order valence-electron chi connectivity index (χ4n) is 2.24. The first-order valence-corrected chi connectivity index (χ1v) is 8.17. The molecule has 0 spiro atoms. The van der Waals surface area contributed by atoms with Crippen LogP contribution < -0.4 is 5.73 Å². The summed E-state index contributed by atoms with van der Waals surface area (Å²) in [5.41, 5.74) is 8.83. The summed E-state index contributed by atoms with van der Waals surface area (Å²) in [6.07, 6.45) is 2.82. The van der Waals surface area contributed by atoms with E-state index in [1.54, 1.807) is 0 Å². The quantitative estimate of drug-likeness (QED) is 0.785. The van der Waals surface area contributed by atoms with Gasteiger partial charge in [0.05, 0.1) is 13.5 Å². The van der Waals surface area contributed by atoms with E-state index >= 15 is 0 Å². The predicted molar refractivity (Wildman–Crippen MR) is 83.7 cm³/mol. The van der Waals surface area contributed by atoms with Crippen LogP contribution in [-0.2, 0) is 9.53 Å². The summed E-state index contributed by atoms with van der Waals surface area (Å²) in [4.78, 5) is 11.4. The van der Waals surface area contributed by atoms with Gasteiger partial charge in [0.1, 0.15) is 0 Å². The highest BCUT2D eigenvalue weighted by atomic mass is 32.2. The number of rotatable bonds is 7. The van der Waals surface area contributed by atoms with Gasteiger partial charge in [-0.05, 0) is 36.5 Å². The number of hydrogen-bond acceptors (Lipinski definition) is 4. The minimum absolute atomic E-state index is 0.0644. The molecule has 1 aliphatic carbocycles. The second-order valence-corrected chi connectivity index (χ2v) is 6.82. The Kier molecular flexibility index (Phi) is 5.11. The zero-order valence-electron chi connectivity index (χ0n) is 12.2. The van der Waals surface area contributed by atoms with Crippen LogP contribution in [-0.4, -0.2) is 24.6 Å². The summed E-state index contributed by atoms with van der Waals surface area (Å²) < 4.78 is 4.76. The number of benzene rings is 1. The standard InChI is InChI=1S/C16H23NO2S/c1-12-3-5-13(6-4-12)14(17)10-20-11-16(7-8-16)9-15(18)19-2/h3-6,14H,7-11,17H2,1-2H3. The summed E-state index contributed by atoms with van der Waals surface area (Å²) in [5.74, 6) is 1.80. The molecule has 3 nitrogen and oxygen atoms in total. The Morgan fingerprint density at radius 1 is 1.40 bits per heavy atom. The van der Waals surface area contributed by atoms with Crippen LogP contribution in [0.3, 0.4) is 0 Å². The molecule has 0 bridgehead atoms. The van der Waals surface area contributed by atoms with Crippen LogP contribution in [0.15, 0.2) is 24.3 Å². The lowest BCUT2D eigenvalue weighted by molar-refractivity contribution is -0.141. The van der Waals surface area contributed by atoms with E-state index in [-0.39, 0.29) is 17.4 Å². The molecule has 1 fully saturated rings. The summed E-state index contributed by atoms with van der Waals surface area (Å²) in [5, 5.41) is 0. The van der Waals surface area contributed by atoms with Gasteiger partial charge in [-0.3, -0.25) is 4.79 Å². The van der Waals surface area contributed by atoms with Crippen molar-refractivity contribution in [2.24, 2.45) is 11.1 Å². The zero-order valence-corrected chi connectivity index (χ0v) is 13.0. The lowest BCUT2D eigenvalue weighted by Crippen LogP contribution is -2.17. The molecular formula is C16H23NO2S. The second kappa shape index (κ2) is 6.64.